The van der Waals surface area contributed by atoms with Crippen molar-refractivity contribution in [2.45, 2.75) is 32.1 Å². The van der Waals surface area contributed by atoms with E-state index in [1.54, 1.807) is 24.0 Å². The summed E-state index contributed by atoms with van der Waals surface area (Å²) in [6.07, 6.45) is -0.539. The largest absolute Gasteiger partial charge is 0.436 e. The molecule has 38 heavy (non-hydrogen) atoms. The predicted octanol–water partition coefficient (Wildman–Crippen LogP) is 5.89. The molecule has 0 unspecified atom stereocenters. The highest BCUT2D eigenvalue weighted by molar-refractivity contribution is 9.10. The van der Waals surface area contributed by atoms with Gasteiger partial charge in [0.05, 0.1) is 6.42 Å². The second-order valence-electron chi connectivity index (χ2n) is 9.37. The van der Waals surface area contributed by atoms with Crippen LogP contribution >= 0.6 is 15.9 Å². The monoisotopic (exact) mass is 575 g/mol. The minimum atomic E-state index is -0.799. The van der Waals surface area contributed by atoms with Crippen molar-refractivity contribution in [3.8, 4) is 22.7 Å². The SMILES string of the molecule is C[C@@H]1O[C@@H](c2oc(-c3ccc(Br)cc3)nc2-c2ccc(F)cc2)N(CCc2ccc3c(c2)CC(=O)N3)C1=O. The fourth-order valence-corrected chi connectivity index (χ4v) is 5.09. The van der Waals surface area contributed by atoms with Gasteiger partial charge in [0.1, 0.15) is 17.6 Å². The van der Waals surface area contributed by atoms with E-state index in [-0.39, 0.29) is 17.6 Å². The van der Waals surface area contributed by atoms with E-state index >= 15 is 0 Å². The van der Waals surface area contributed by atoms with Crippen molar-refractivity contribution < 1.29 is 23.1 Å². The minimum absolute atomic E-state index is 0.0191. The van der Waals surface area contributed by atoms with Gasteiger partial charge in [0.25, 0.3) is 5.91 Å². The maximum absolute atomic E-state index is 13.7. The van der Waals surface area contributed by atoms with Crippen molar-refractivity contribution in [1.82, 2.24) is 9.88 Å². The zero-order valence-electron chi connectivity index (χ0n) is 20.4. The summed E-state index contributed by atoms with van der Waals surface area (Å²) in [4.78, 5) is 31.3. The summed E-state index contributed by atoms with van der Waals surface area (Å²) in [6.45, 7) is 2.09. The molecule has 0 aliphatic carbocycles. The average Bonchev–Trinajstić information content (AvgIpc) is 3.58. The summed E-state index contributed by atoms with van der Waals surface area (Å²) in [7, 11) is 0. The van der Waals surface area contributed by atoms with Gasteiger partial charge in [0.2, 0.25) is 11.8 Å². The second-order valence-corrected chi connectivity index (χ2v) is 10.3. The van der Waals surface area contributed by atoms with Crippen LogP contribution in [0, 0.1) is 5.82 Å². The topological polar surface area (TPSA) is 84.7 Å². The van der Waals surface area contributed by atoms with Crippen LogP contribution in [0.2, 0.25) is 0 Å². The Bertz CT molecular complexity index is 1530. The molecule has 2 atom stereocenters. The first kappa shape index (κ1) is 24.5. The van der Waals surface area contributed by atoms with Crippen LogP contribution in [0.25, 0.3) is 22.7 Å². The maximum atomic E-state index is 13.7. The zero-order valence-corrected chi connectivity index (χ0v) is 22.0. The van der Waals surface area contributed by atoms with Crippen LogP contribution in [0.15, 0.2) is 75.6 Å². The van der Waals surface area contributed by atoms with Gasteiger partial charge >= 0.3 is 0 Å². The molecule has 2 aliphatic rings. The van der Waals surface area contributed by atoms with Crippen LogP contribution in [0.3, 0.4) is 0 Å². The van der Waals surface area contributed by atoms with E-state index in [4.69, 9.17) is 14.1 Å². The molecule has 1 saturated heterocycles. The molecule has 0 bridgehead atoms. The Kier molecular flexibility index (Phi) is 6.33. The quantitative estimate of drug-likeness (QED) is 0.310. The Balaban J connectivity index is 1.34. The van der Waals surface area contributed by atoms with Gasteiger partial charge in [0, 0.05) is 27.8 Å². The standard InChI is InChI=1S/C29H23BrFN3O4/c1-16-28(36)34(13-12-17-2-11-23-20(14-17)15-24(35)32-23)29(37-16)26-25(18-5-9-22(31)10-6-18)33-27(38-26)19-3-7-21(30)8-4-19/h2-11,14,16,29H,12-13,15H2,1H3,(H,32,35)/t16-,29-/m0/s1. The molecule has 0 saturated carbocycles. The van der Waals surface area contributed by atoms with Gasteiger partial charge in [0.15, 0.2) is 12.0 Å². The highest BCUT2D eigenvalue weighted by Crippen LogP contribution is 2.40. The third-order valence-corrected chi connectivity index (χ3v) is 7.30. The number of carbonyl (C=O) groups excluding carboxylic acids is 2. The molecule has 4 aromatic rings. The van der Waals surface area contributed by atoms with Gasteiger partial charge in [-0.05, 0) is 79.1 Å². The minimum Gasteiger partial charge on any atom is -0.436 e. The first-order valence-corrected chi connectivity index (χ1v) is 13.1. The van der Waals surface area contributed by atoms with E-state index in [2.05, 4.69) is 21.2 Å². The van der Waals surface area contributed by atoms with Crippen molar-refractivity contribution in [2.24, 2.45) is 0 Å². The summed E-state index contributed by atoms with van der Waals surface area (Å²) in [6, 6.07) is 19.4. The number of anilines is 1. The molecule has 6 rings (SSSR count). The molecule has 1 aromatic heterocycles. The number of ether oxygens (including phenoxy) is 1. The van der Waals surface area contributed by atoms with E-state index in [0.717, 1.165) is 26.9 Å². The normalized spacial score (nSPS) is 18.7. The Morgan fingerprint density at radius 1 is 1.05 bits per heavy atom. The Morgan fingerprint density at radius 3 is 2.55 bits per heavy atom. The lowest BCUT2D eigenvalue weighted by Crippen LogP contribution is -2.32. The predicted molar refractivity (Wildman–Crippen MR) is 143 cm³/mol. The Labute approximate surface area is 226 Å². The van der Waals surface area contributed by atoms with Crippen LogP contribution in [-0.2, 0) is 27.2 Å². The summed E-state index contributed by atoms with van der Waals surface area (Å²) >= 11 is 3.44. The molecule has 192 valence electrons. The van der Waals surface area contributed by atoms with Crippen molar-refractivity contribution in [3.63, 3.8) is 0 Å². The van der Waals surface area contributed by atoms with Crippen molar-refractivity contribution >= 4 is 33.4 Å². The van der Waals surface area contributed by atoms with E-state index in [1.165, 1.54) is 12.1 Å². The second kappa shape index (κ2) is 9.81. The number of halogens is 2. The summed E-state index contributed by atoms with van der Waals surface area (Å²) in [5, 5.41) is 2.84. The number of oxazole rings is 1. The van der Waals surface area contributed by atoms with Crippen LogP contribution in [-0.4, -0.2) is 34.3 Å². The van der Waals surface area contributed by atoms with Gasteiger partial charge in [-0.15, -0.1) is 0 Å². The molecular formula is C29H23BrFN3O4. The Hall–Kier alpha value is -3.82. The lowest BCUT2D eigenvalue weighted by atomic mass is 10.1. The summed E-state index contributed by atoms with van der Waals surface area (Å²) in [5.41, 5.74) is 4.69. The van der Waals surface area contributed by atoms with E-state index < -0.39 is 12.3 Å². The van der Waals surface area contributed by atoms with Crippen LogP contribution in [0.1, 0.15) is 30.0 Å². The first-order chi connectivity index (χ1) is 18.4. The van der Waals surface area contributed by atoms with E-state index in [9.17, 15) is 14.0 Å². The molecule has 1 N–H and O–H groups in total. The molecule has 3 aromatic carbocycles. The molecule has 0 radical (unpaired) electrons. The molecule has 0 spiro atoms. The van der Waals surface area contributed by atoms with Crippen molar-refractivity contribution in [3.05, 3.63) is 93.9 Å². The lowest BCUT2D eigenvalue weighted by molar-refractivity contribution is -0.130. The maximum Gasteiger partial charge on any atom is 0.253 e. The molecule has 2 aliphatic heterocycles. The average molecular weight is 576 g/mol. The number of amides is 2. The van der Waals surface area contributed by atoms with E-state index in [0.29, 0.717) is 42.3 Å². The molecular weight excluding hydrogens is 553 g/mol. The van der Waals surface area contributed by atoms with E-state index in [1.807, 2.05) is 42.5 Å². The van der Waals surface area contributed by atoms with Gasteiger partial charge in [-0.2, -0.15) is 0 Å². The van der Waals surface area contributed by atoms with Crippen molar-refractivity contribution in [1.29, 1.82) is 0 Å². The summed E-state index contributed by atoms with van der Waals surface area (Å²) in [5.74, 6) is 0.226. The number of aromatic nitrogens is 1. The Morgan fingerprint density at radius 2 is 1.79 bits per heavy atom. The van der Waals surface area contributed by atoms with Crippen molar-refractivity contribution in [2.75, 3.05) is 11.9 Å². The zero-order chi connectivity index (χ0) is 26.4. The number of benzene rings is 3. The molecule has 9 heteroatoms. The van der Waals surface area contributed by atoms with Crippen LogP contribution < -0.4 is 5.32 Å². The fourth-order valence-electron chi connectivity index (χ4n) is 4.82. The highest BCUT2D eigenvalue weighted by atomic mass is 79.9. The van der Waals surface area contributed by atoms with Crippen LogP contribution in [0.5, 0.6) is 0 Å². The number of fused-ring (bicyclic) bond motifs is 1. The smallest absolute Gasteiger partial charge is 0.253 e. The highest BCUT2D eigenvalue weighted by Gasteiger charge is 2.42. The van der Waals surface area contributed by atoms with Gasteiger partial charge < -0.3 is 19.4 Å². The number of hydrogen-bond acceptors (Lipinski definition) is 5. The lowest BCUT2D eigenvalue weighted by Gasteiger charge is -2.22. The molecule has 3 heterocycles. The molecule has 2 amide bonds. The number of carbonyl (C=O) groups is 2. The van der Waals surface area contributed by atoms with Gasteiger partial charge in [-0.1, -0.05) is 28.1 Å². The fraction of sp³-hybridized carbons (Fsp3) is 0.207. The third-order valence-electron chi connectivity index (χ3n) is 6.77. The van der Waals surface area contributed by atoms with Crippen LogP contribution in [0.4, 0.5) is 10.1 Å². The first-order valence-electron chi connectivity index (χ1n) is 12.3. The summed E-state index contributed by atoms with van der Waals surface area (Å²) < 4.78 is 27.0. The number of nitrogens with one attached hydrogen (secondary N) is 1. The van der Waals surface area contributed by atoms with Gasteiger partial charge in [-0.25, -0.2) is 9.37 Å². The molecule has 7 nitrogen and oxygen atoms in total. The third kappa shape index (κ3) is 4.63. The number of hydrogen-bond donors (Lipinski definition) is 1. The number of rotatable bonds is 6. The number of nitrogens with zero attached hydrogens (tertiary/aromatic N) is 2. The van der Waals surface area contributed by atoms with Gasteiger partial charge in [-0.3, -0.25) is 9.59 Å². The molecule has 1 fully saturated rings.